The Bertz CT molecular complexity index is 366. The fourth-order valence-electron chi connectivity index (χ4n) is 2.23. The van der Waals surface area contributed by atoms with Crippen LogP contribution in [0.5, 0.6) is 0 Å². The molecule has 21 heavy (non-hydrogen) atoms. The van der Waals surface area contributed by atoms with Gasteiger partial charge in [-0.2, -0.15) is 0 Å². The van der Waals surface area contributed by atoms with Crippen molar-refractivity contribution in [1.29, 1.82) is 0 Å². The Morgan fingerprint density at radius 3 is 2.62 bits per heavy atom. The summed E-state index contributed by atoms with van der Waals surface area (Å²) < 4.78 is 5.40. The molecule has 0 spiro atoms. The van der Waals surface area contributed by atoms with Gasteiger partial charge in [-0.15, -0.1) is 0 Å². The molecule has 122 valence electrons. The summed E-state index contributed by atoms with van der Waals surface area (Å²) in [7, 11) is 1.77. The number of ether oxygens (including phenoxy) is 1. The van der Waals surface area contributed by atoms with Gasteiger partial charge in [-0.1, -0.05) is 0 Å². The molecule has 1 unspecified atom stereocenters. The highest BCUT2D eigenvalue weighted by molar-refractivity contribution is 5.73. The number of nitrogens with zero attached hydrogens (tertiary/aromatic N) is 2. The van der Waals surface area contributed by atoms with Crippen molar-refractivity contribution in [2.45, 2.75) is 46.1 Å². The average Bonchev–Trinajstić information content (AvgIpc) is 2.42. The van der Waals surface area contributed by atoms with E-state index in [1.54, 1.807) is 16.8 Å². The third-order valence-electron chi connectivity index (χ3n) is 3.53. The van der Waals surface area contributed by atoms with Crippen molar-refractivity contribution in [3.05, 3.63) is 0 Å². The SMILES string of the molecule is CCN(C)C(=O)NCC1CCCN(C(=O)OC(C)(C)C)C1. The summed E-state index contributed by atoms with van der Waals surface area (Å²) in [6, 6.07) is -0.0631. The molecule has 6 heteroatoms. The van der Waals surface area contributed by atoms with Crippen LogP contribution in [0.25, 0.3) is 0 Å². The zero-order valence-corrected chi connectivity index (χ0v) is 13.9. The summed E-state index contributed by atoms with van der Waals surface area (Å²) in [4.78, 5) is 27.2. The fourth-order valence-corrected chi connectivity index (χ4v) is 2.23. The van der Waals surface area contributed by atoms with E-state index >= 15 is 0 Å². The molecule has 1 saturated heterocycles. The summed E-state index contributed by atoms with van der Waals surface area (Å²) in [5.74, 6) is 0.292. The monoisotopic (exact) mass is 299 g/mol. The first-order chi connectivity index (χ1) is 9.73. The zero-order chi connectivity index (χ0) is 16.0. The van der Waals surface area contributed by atoms with Gasteiger partial charge in [-0.05, 0) is 46.5 Å². The molecule has 1 aliphatic rings. The van der Waals surface area contributed by atoms with Gasteiger partial charge >= 0.3 is 12.1 Å². The van der Waals surface area contributed by atoms with Gasteiger partial charge in [-0.3, -0.25) is 0 Å². The topological polar surface area (TPSA) is 61.9 Å². The first-order valence-corrected chi connectivity index (χ1v) is 7.70. The van der Waals surface area contributed by atoms with Gasteiger partial charge in [0.05, 0.1) is 0 Å². The first kappa shape index (κ1) is 17.6. The smallest absolute Gasteiger partial charge is 0.410 e. The van der Waals surface area contributed by atoms with Crippen LogP contribution in [0.3, 0.4) is 0 Å². The highest BCUT2D eigenvalue weighted by Gasteiger charge is 2.27. The summed E-state index contributed by atoms with van der Waals surface area (Å²) in [6.07, 6.45) is 1.71. The Morgan fingerprint density at radius 2 is 2.05 bits per heavy atom. The van der Waals surface area contributed by atoms with Crippen LogP contribution in [-0.2, 0) is 4.74 Å². The number of hydrogen-bond donors (Lipinski definition) is 1. The molecule has 3 amide bonds. The lowest BCUT2D eigenvalue weighted by Gasteiger charge is -2.34. The number of piperidine rings is 1. The van der Waals surface area contributed by atoms with Crippen LogP contribution in [0.15, 0.2) is 0 Å². The normalized spacial score (nSPS) is 19.1. The number of likely N-dealkylation sites (tertiary alicyclic amines) is 1. The van der Waals surface area contributed by atoms with Crippen molar-refractivity contribution in [3.63, 3.8) is 0 Å². The number of urea groups is 1. The highest BCUT2D eigenvalue weighted by atomic mass is 16.6. The van der Waals surface area contributed by atoms with Crippen molar-refractivity contribution in [2.24, 2.45) is 5.92 Å². The maximum Gasteiger partial charge on any atom is 0.410 e. The van der Waals surface area contributed by atoms with E-state index in [0.29, 0.717) is 25.6 Å². The van der Waals surface area contributed by atoms with E-state index < -0.39 is 5.60 Å². The highest BCUT2D eigenvalue weighted by Crippen LogP contribution is 2.18. The predicted octanol–water partition coefficient (Wildman–Crippen LogP) is 2.29. The molecule has 0 aliphatic carbocycles. The van der Waals surface area contributed by atoms with Crippen molar-refractivity contribution >= 4 is 12.1 Å². The molecule has 1 rings (SSSR count). The van der Waals surface area contributed by atoms with Crippen LogP contribution >= 0.6 is 0 Å². The van der Waals surface area contributed by atoms with Gasteiger partial charge in [-0.25, -0.2) is 9.59 Å². The number of nitrogens with one attached hydrogen (secondary N) is 1. The third kappa shape index (κ3) is 6.23. The van der Waals surface area contributed by atoms with E-state index in [0.717, 1.165) is 19.4 Å². The molecule has 0 bridgehead atoms. The standard InChI is InChI=1S/C15H29N3O3/c1-6-17(5)13(19)16-10-12-8-7-9-18(11-12)14(20)21-15(2,3)4/h12H,6-11H2,1-5H3,(H,16,19). The van der Waals surface area contributed by atoms with Gasteiger partial charge < -0.3 is 19.9 Å². The maximum atomic E-state index is 12.1. The first-order valence-electron chi connectivity index (χ1n) is 7.70. The minimum Gasteiger partial charge on any atom is -0.444 e. The lowest BCUT2D eigenvalue weighted by molar-refractivity contribution is 0.0167. The number of hydrogen-bond acceptors (Lipinski definition) is 3. The van der Waals surface area contributed by atoms with E-state index in [1.807, 2.05) is 27.7 Å². The van der Waals surface area contributed by atoms with Gasteiger partial charge in [0.15, 0.2) is 0 Å². The van der Waals surface area contributed by atoms with Crippen LogP contribution in [0.2, 0.25) is 0 Å². The maximum absolute atomic E-state index is 12.1. The molecule has 0 aromatic rings. The molecule has 0 aromatic heterocycles. The summed E-state index contributed by atoms with van der Waals surface area (Å²) in [5, 5.41) is 2.92. The van der Waals surface area contributed by atoms with E-state index in [9.17, 15) is 9.59 Å². The van der Waals surface area contributed by atoms with Gasteiger partial charge in [0.1, 0.15) is 5.60 Å². The van der Waals surface area contributed by atoms with E-state index in [1.165, 1.54) is 0 Å². The van der Waals surface area contributed by atoms with Crippen molar-refractivity contribution in [3.8, 4) is 0 Å². The Morgan fingerprint density at radius 1 is 1.38 bits per heavy atom. The second-order valence-electron chi connectivity index (χ2n) is 6.63. The number of rotatable bonds is 3. The van der Waals surface area contributed by atoms with Gasteiger partial charge in [0, 0.05) is 33.2 Å². The van der Waals surface area contributed by atoms with Crippen LogP contribution < -0.4 is 5.32 Å². The molecule has 0 radical (unpaired) electrons. The van der Waals surface area contributed by atoms with Crippen LogP contribution in [-0.4, -0.2) is 60.8 Å². The van der Waals surface area contributed by atoms with Crippen molar-refractivity contribution < 1.29 is 14.3 Å². The minimum absolute atomic E-state index is 0.0631. The fraction of sp³-hybridized carbons (Fsp3) is 0.867. The van der Waals surface area contributed by atoms with Crippen LogP contribution in [0.1, 0.15) is 40.5 Å². The molecule has 6 nitrogen and oxygen atoms in total. The minimum atomic E-state index is -0.470. The predicted molar refractivity (Wildman–Crippen MR) is 82.2 cm³/mol. The van der Waals surface area contributed by atoms with Gasteiger partial charge in [0.25, 0.3) is 0 Å². The van der Waals surface area contributed by atoms with E-state index in [4.69, 9.17) is 4.74 Å². The Balaban J connectivity index is 2.42. The largest absolute Gasteiger partial charge is 0.444 e. The van der Waals surface area contributed by atoms with E-state index in [2.05, 4.69) is 5.32 Å². The number of amides is 3. The third-order valence-corrected chi connectivity index (χ3v) is 3.53. The average molecular weight is 299 g/mol. The molecule has 1 atom stereocenters. The zero-order valence-electron chi connectivity index (χ0n) is 13.9. The van der Waals surface area contributed by atoms with Crippen LogP contribution in [0, 0.1) is 5.92 Å². The molecule has 1 aliphatic heterocycles. The molecular formula is C15H29N3O3. The lowest BCUT2D eigenvalue weighted by Crippen LogP contribution is -2.47. The molecular weight excluding hydrogens is 270 g/mol. The molecule has 1 N–H and O–H groups in total. The molecule has 0 saturated carbocycles. The Kier molecular flexibility index (Phi) is 6.30. The van der Waals surface area contributed by atoms with Crippen molar-refractivity contribution in [1.82, 2.24) is 15.1 Å². The molecule has 0 aromatic carbocycles. The van der Waals surface area contributed by atoms with E-state index in [-0.39, 0.29) is 12.1 Å². The number of carbonyl (C=O) groups excluding carboxylic acids is 2. The van der Waals surface area contributed by atoms with Gasteiger partial charge in [0.2, 0.25) is 0 Å². The second kappa shape index (κ2) is 7.52. The number of carbonyl (C=O) groups is 2. The molecule has 1 heterocycles. The summed E-state index contributed by atoms with van der Waals surface area (Å²) in [6.45, 7) is 10.2. The Labute approximate surface area is 127 Å². The quantitative estimate of drug-likeness (QED) is 0.869. The van der Waals surface area contributed by atoms with Crippen molar-refractivity contribution in [2.75, 3.05) is 33.2 Å². The Hall–Kier alpha value is -1.46. The summed E-state index contributed by atoms with van der Waals surface area (Å²) in [5.41, 5.74) is -0.470. The second-order valence-corrected chi connectivity index (χ2v) is 6.63. The summed E-state index contributed by atoms with van der Waals surface area (Å²) >= 11 is 0. The van der Waals surface area contributed by atoms with Crippen LogP contribution in [0.4, 0.5) is 9.59 Å². The lowest BCUT2D eigenvalue weighted by atomic mass is 9.98. The molecule has 1 fully saturated rings.